The lowest BCUT2D eigenvalue weighted by atomic mass is 9.77. The Morgan fingerprint density at radius 2 is 0.987 bits per heavy atom. The number of rotatable bonds is 3. The number of hydrogen-bond acceptors (Lipinski definition) is 1. The van der Waals surface area contributed by atoms with E-state index in [-0.39, 0.29) is 27.9 Å². The molecule has 0 saturated carbocycles. The quantitative estimate of drug-likeness (QED) is 0.106. The van der Waals surface area contributed by atoms with Crippen molar-refractivity contribution in [1.82, 2.24) is 18.3 Å². The van der Waals surface area contributed by atoms with Gasteiger partial charge in [0.05, 0.1) is 11.1 Å². The summed E-state index contributed by atoms with van der Waals surface area (Å²) in [6.07, 6.45) is 3.32. The Morgan fingerprint density at radius 1 is 0.449 bits per heavy atom. The normalized spacial score (nSPS) is 21.6. The molecule has 0 aliphatic carbocycles. The molecule has 384 valence electrons. The molecule has 1 saturated heterocycles. The molecule has 8 heterocycles. The maximum absolute atomic E-state index is 3.83. The third-order valence-corrected chi connectivity index (χ3v) is 19.2. The van der Waals surface area contributed by atoms with E-state index in [2.05, 4.69) is 268 Å². The van der Waals surface area contributed by atoms with Crippen LogP contribution in [-0.2, 0) is 28.1 Å². The molecule has 78 heavy (non-hydrogen) atoms. The summed E-state index contributed by atoms with van der Waals surface area (Å²) in [5.74, 6) is 1.18. The molecule has 6 aliphatic heterocycles. The molecule has 16 rings (SSSR count). The number of anilines is 1. The molecule has 2 spiro atoms. The van der Waals surface area contributed by atoms with Crippen LogP contribution in [0.2, 0.25) is 0 Å². The Morgan fingerprint density at radius 3 is 1.63 bits per heavy atom. The fourth-order valence-corrected chi connectivity index (χ4v) is 15.5. The summed E-state index contributed by atoms with van der Waals surface area (Å²) in [6, 6.07) is 65.5. The second-order valence-electron chi connectivity index (χ2n) is 27.7. The number of quaternary nitrogens is 3. The molecule has 0 bridgehead atoms. The van der Waals surface area contributed by atoms with Gasteiger partial charge >= 0.3 is 12.1 Å². The van der Waals surface area contributed by atoms with E-state index in [1.807, 2.05) is 0 Å². The highest BCUT2D eigenvalue weighted by atomic mass is 16.2. The minimum Gasteiger partial charge on any atom is -0.384 e. The van der Waals surface area contributed by atoms with Crippen molar-refractivity contribution in [2.45, 2.75) is 117 Å². The largest absolute Gasteiger partial charge is 0.498 e. The van der Waals surface area contributed by atoms with Crippen molar-refractivity contribution in [3.8, 4) is 50.3 Å². The van der Waals surface area contributed by atoms with Gasteiger partial charge < -0.3 is 5.32 Å². The van der Waals surface area contributed by atoms with Crippen molar-refractivity contribution >= 4 is 61.6 Å². The minimum atomic E-state index is -0.124. The summed E-state index contributed by atoms with van der Waals surface area (Å²) < 4.78 is 7.12. The standard InChI is InChI=1S/C72H70N6/c1-69(2,3)46-35-44(36-47(40-46)70(4,5)6)50-22-19-23-51(45-37-48(71(7,8)9)41-49(38-45)72(10,11)12)65(50)78-61-27-16-15-26-60(61)77(78)62-28-20-24-54-56-39-43-32-33-73-58(43)42-57(56)55-31-30-53-52-21-13-14-25-59(52)75-63-29-17-18-34-74(63)76(66(54)62,68(77)78)67(55)64(53)75/h13-31,34-42,68,73H,32-33H2,1-12H3/q+4. The topological polar surface area (TPSA) is 20.8 Å². The lowest BCUT2D eigenvalue weighted by Crippen LogP contribution is -2.74. The Bertz CT molecular complexity index is 4210. The molecule has 4 unspecified atom stereocenters. The molecular weight excluding hydrogens is 949 g/mol. The van der Waals surface area contributed by atoms with Gasteiger partial charge in [0.1, 0.15) is 5.52 Å². The van der Waals surface area contributed by atoms with E-state index in [4.69, 9.17) is 0 Å². The lowest BCUT2D eigenvalue weighted by molar-refractivity contribution is -0.793. The van der Waals surface area contributed by atoms with E-state index in [9.17, 15) is 0 Å². The number of para-hydroxylation sites is 5. The third-order valence-electron chi connectivity index (χ3n) is 19.2. The molecule has 4 atom stereocenters. The van der Waals surface area contributed by atoms with Crippen LogP contribution in [0.3, 0.4) is 0 Å². The van der Waals surface area contributed by atoms with Crippen molar-refractivity contribution in [2.75, 3.05) is 11.9 Å². The van der Waals surface area contributed by atoms with Gasteiger partial charge in [-0.15, -0.1) is 0 Å². The Hall–Kier alpha value is -7.61. The van der Waals surface area contributed by atoms with Gasteiger partial charge in [-0.3, -0.25) is 0 Å². The molecule has 6 nitrogen and oxygen atoms in total. The summed E-state index contributed by atoms with van der Waals surface area (Å²) in [4.78, 5) is 0. The van der Waals surface area contributed by atoms with Crippen LogP contribution >= 0.6 is 0 Å². The van der Waals surface area contributed by atoms with Gasteiger partial charge in [-0.1, -0.05) is 162 Å². The number of nitrogens with one attached hydrogen (secondary N) is 1. The van der Waals surface area contributed by atoms with Gasteiger partial charge in [-0.25, -0.2) is 0 Å². The molecule has 8 aromatic carbocycles. The van der Waals surface area contributed by atoms with E-state index in [0.717, 1.165) is 13.0 Å². The van der Waals surface area contributed by atoms with Gasteiger partial charge in [0.2, 0.25) is 16.9 Å². The molecule has 2 aromatic heterocycles. The van der Waals surface area contributed by atoms with Gasteiger partial charge in [0.15, 0.2) is 6.20 Å². The highest BCUT2D eigenvalue weighted by molar-refractivity contribution is 6.20. The van der Waals surface area contributed by atoms with Crippen molar-refractivity contribution in [3.05, 3.63) is 198 Å². The maximum Gasteiger partial charge on any atom is 0.498 e. The average molecular weight is 1020 g/mol. The predicted octanol–water partition coefficient (Wildman–Crippen LogP) is 18.1. The van der Waals surface area contributed by atoms with Crippen LogP contribution in [0.25, 0.3) is 72.1 Å². The zero-order valence-corrected chi connectivity index (χ0v) is 47.4. The van der Waals surface area contributed by atoms with Crippen molar-refractivity contribution < 1.29 is 4.68 Å². The average Bonchev–Trinajstić information content (AvgIpc) is 1.44. The first-order valence-corrected chi connectivity index (χ1v) is 28.6. The summed E-state index contributed by atoms with van der Waals surface area (Å²) >= 11 is 0. The fraction of sp³-hybridized carbons (Fsp3) is 0.264. The van der Waals surface area contributed by atoms with Gasteiger partial charge in [-0.2, -0.15) is 4.57 Å². The van der Waals surface area contributed by atoms with Crippen LogP contribution in [0.4, 0.5) is 39.8 Å². The smallest absolute Gasteiger partial charge is 0.384 e. The number of pyridine rings is 1. The summed E-state index contributed by atoms with van der Waals surface area (Å²) in [5.41, 5.74) is 28.9. The molecule has 1 N–H and O–H groups in total. The summed E-state index contributed by atoms with van der Waals surface area (Å²) in [6.45, 7) is 29.5. The zero-order chi connectivity index (χ0) is 53.6. The van der Waals surface area contributed by atoms with E-state index < -0.39 is 0 Å². The molecule has 1 fully saturated rings. The second kappa shape index (κ2) is 14.5. The highest BCUT2D eigenvalue weighted by Crippen LogP contribution is 2.86. The highest BCUT2D eigenvalue weighted by Gasteiger charge is 3.11. The fourth-order valence-electron chi connectivity index (χ4n) is 15.5. The SMILES string of the molecule is CC(C)(C)c1cc(-c2cccc(-c3cc(C(C)(C)C)cc(C(C)(C)C)c3)c2[N+]23c4ccccc4[N+]24c2cccc5c2[N+]2(c6c(ccc7c8ccccc8n(c67)-c6cccc[n+]62)-c2cc6c(cc2-5)CCN6)C43)cc(C(C)(C)C)c1. The van der Waals surface area contributed by atoms with Crippen molar-refractivity contribution in [2.24, 2.45) is 0 Å². The molecule has 6 heteroatoms. The molecule has 10 aromatic rings. The van der Waals surface area contributed by atoms with Crippen molar-refractivity contribution in [3.63, 3.8) is 0 Å². The number of fused-ring (bicyclic) bond motifs is 12. The predicted molar refractivity (Wildman–Crippen MR) is 326 cm³/mol. The number of nitrogens with zero attached hydrogens (tertiary/aromatic N) is 5. The van der Waals surface area contributed by atoms with Gasteiger partial charge in [-0.05, 0) is 143 Å². The molecular formula is C72H70N6+4. The Kier molecular flexibility index (Phi) is 8.67. The van der Waals surface area contributed by atoms with Crippen LogP contribution in [0.1, 0.15) is 111 Å². The number of hydrogen-bond donors (Lipinski definition) is 1. The number of aromatic nitrogens is 2. The Balaban J connectivity index is 1.13. The first kappa shape index (κ1) is 46.5. The minimum absolute atomic E-state index is 0.0771. The summed E-state index contributed by atoms with van der Waals surface area (Å²) in [5, 5.41) is 6.40. The van der Waals surface area contributed by atoms with Gasteiger partial charge in [0, 0.05) is 72.2 Å². The maximum atomic E-state index is 3.83. The van der Waals surface area contributed by atoms with Crippen LogP contribution in [0, 0.1) is 0 Å². The first-order chi connectivity index (χ1) is 37.2. The van der Waals surface area contributed by atoms with Crippen molar-refractivity contribution in [1.29, 1.82) is 0 Å². The van der Waals surface area contributed by atoms with Crippen LogP contribution in [0.5, 0.6) is 0 Å². The van der Waals surface area contributed by atoms with Gasteiger partial charge in [0.25, 0.3) is 22.7 Å². The van der Waals surface area contributed by atoms with E-state index in [1.54, 1.807) is 0 Å². The molecule has 0 amide bonds. The summed E-state index contributed by atoms with van der Waals surface area (Å²) in [7, 11) is 0. The van der Waals surface area contributed by atoms with Crippen LogP contribution in [-0.4, -0.2) is 17.4 Å². The first-order valence-electron chi connectivity index (χ1n) is 28.6. The zero-order valence-electron chi connectivity index (χ0n) is 47.4. The lowest BCUT2D eigenvalue weighted by Gasteiger charge is -2.35. The third kappa shape index (κ3) is 5.42. The van der Waals surface area contributed by atoms with E-state index in [0.29, 0.717) is 13.8 Å². The van der Waals surface area contributed by atoms with E-state index >= 15 is 0 Å². The van der Waals surface area contributed by atoms with Crippen LogP contribution in [0.15, 0.2) is 170 Å². The molecule has 6 aliphatic rings. The Labute approximate surface area is 459 Å². The van der Waals surface area contributed by atoms with Crippen LogP contribution < -0.4 is 23.8 Å². The second-order valence-corrected chi connectivity index (χ2v) is 27.7. The molecule has 0 radical (unpaired) electrons. The monoisotopic (exact) mass is 1020 g/mol. The number of benzene rings is 8. The van der Waals surface area contributed by atoms with E-state index in [1.165, 1.54) is 140 Å².